The number of hydrogen-bond donors (Lipinski definition) is 0. The highest BCUT2D eigenvalue weighted by molar-refractivity contribution is 6.04. The molecule has 0 amide bonds. The van der Waals surface area contributed by atoms with Gasteiger partial charge in [0, 0.05) is 11.1 Å². The Morgan fingerprint density at radius 1 is 0.457 bits per heavy atom. The van der Waals surface area contributed by atoms with Crippen molar-refractivity contribution >= 4 is 22.2 Å². The highest BCUT2D eigenvalue weighted by Crippen LogP contribution is 2.39. The van der Waals surface area contributed by atoms with Crippen LogP contribution in [0, 0.1) is 0 Å². The first-order valence-corrected chi connectivity index (χ1v) is 11.7. The van der Waals surface area contributed by atoms with Crippen LogP contribution in [0.4, 0.5) is 0 Å². The fourth-order valence-corrected chi connectivity index (χ4v) is 4.55. The normalized spacial score (nSPS) is 10.9. The Labute approximate surface area is 204 Å². The standard InChI is InChI=1S/C33H23NO/c1-5-14-24(15-6-1)28-22-13-23-29-32(28)35-33(34-29)31(27-20-11-4-12-21-27)30(25-16-7-2-8-17-25)26-18-9-3-10-19-26/h1-23H. The van der Waals surface area contributed by atoms with Crippen LogP contribution in [-0.4, -0.2) is 4.98 Å². The zero-order chi connectivity index (χ0) is 23.5. The van der Waals surface area contributed by atoms with E-state index in [4.69, 9.17) is 9.40 Å². The van der Waals surface area contributed by atoms with Crippen molar-refractivity contribution in [1.29, 1.82) is 0 Å². The minimum atomic E-state index is 0.609. The van der Waals surface area contributed by atoms with Crippen LogP contribution >= 0.6 is 0 Å². The van der Waals surface area contributed by atoms with Gasteiger partial charge < -0.3 is 4.42 Å². The Morgan fingerprint density at radius 3 is 1.49 bits per heavy atom. The predicted molar refractivity (Wildman–Crippen MR) is 144 cm³/mol. The lowest BCUT2D eigenvalue weighted by Gasteiger charge is -2.15. The molecule has 0 spiro atoms. The molecule has 2 heteroatoms. The van der Waals surface area contributed by atoms with Gasteiger partial charge >= 0.3 is 0 Å². The molecule has 0 saturated heterocycles. The van der Waals surface area contributed by atoms with Crippen molar-refractivity contribution in [1.82, 2.24) is 4.98 Å². The summed E-state index contributed by atoms with van der Waals surface area (Å²) in [4.78, 5) is 5.02. The minimum absolute atomic E-state index is 0.609. The van der Waals surface area contributed by atoms with Crippen LogP contribution in [0.1, 0.15) is 22.6 Å². The minimum Gasteiger partial charge on any atom is -0.435 e. The van der Waals surface area contributed by atoms with E-state index in [-0.39, 0.29) is 0 Å². The van der Waals surface area contributed by atoms with Gasteiger partial charge in [0.1, 0.15) is 5.52 Å². The molecule has 0 bridgehead atoms. The fourth-order valence-electron chi connectivity index (χ4n) is 4.55. The average molecular weight is 450 g/mol. The van der Waals surface area contributed by atoms with Gasteiger partial charge in [0.2, 0.25) is 5.89 Å². The molecule has 1 aromatic heterocycles. The van der Waals surface area contributed by atoms with Crippen molar-refractivity contribution in [3.63, 3.8) is 0 Å². The molecule has 6 rings (SSSR count). The van der Waals surface area contributed by atoms with E-state index in [0.717, 1.165) is 50.1 Å². The van der Waals surface area contributed by atoms with Gasteiger partial charge in [-0.15, -0.1) is 0 Å². The number of hydrogen-bond acceptors (Lipinski definition) is 2. The molecular weight excluding hydrogens is 426 g/mol. The van der Waals surface area contributed by atoms with E-state index in [1.54, 1.807) is 0 Å². The van der Waals surface area contributed by atoms with E-state index < -0.39 is 0 Å². The summed E-state index contributed by atoms with van der Waals surface area (Å²) in [6.07, 6.45) is 0. The van der Waals surface area contributed by atoms with Crippen LogP contribution in [0.5, 0.6) is 0 Å². The molecule has 6 aromatic rings. The number of rotatable bonds is 5. The molecule has 35 heavy (non-hydrogen) atoms. The highest BCUT2D eigenvalue weighted by atomic mass is 16.3. The first-order valence-electron chi connectivity index (χ1n) is 11.7. The first-order chi connectivity index (χ1) is 17.4. The van der Waals surface area contributed by atoms with Gasteiger partial charge in [0.05, 0.1) is 5.57 Å². The van der Waals surface area contributed by atoms with E-state index in [0.29, 0.717) is 5.89 Å². The molecule has 0 unspecified atom stereocenters. The van der Waals surface area contributed by atoms with Gasteiger partial charge in [-0.2, -0.15) is 0 Å². The molecule has 166 valence electrons. The maximum absolute atomic E-state index is 6.63. The second-order valence-corrected chi connectivity index (χ2v) is 8.39. The van der Waals surface area contributed by atoms with Crippen molar-refractivity contribution in [2.45, 2.75) is 0 Å². The zero-order valence-corrected chi connectivity index (χ0v) is 19.1. The summed E-state index contributed by atoms with van der Waals surface area (Å²) in [5.41, 5.74) is 9.13. The molecule has 0 aliphatic heterocycles. The van der Waals surface area contributed by atoms with Crippen LogP contribution in [0.3, 0.4) is 0 Å². The number of oxazole rings is 1. The van der Waals surface area contributed by atoms with E-state index in [9.17, 15) is 0 Å². The second-order valence-electron chi connectivity index (χ2n) is 8.39. The van der Waals surface area contributed by atoms with Gasteiger partial charge in [-0.25, -0.2) is 4.98 Å². The molecule has 0 aliphatic carbocycles. The fraction of sp³-hybridized carbons (Fsp3) is 0. The second kappa shape index (κ2) is 9.28. The van der Waals surface area contributed by atoms with Crippen LogP contribution in [-0.2, 0) is 0 Å². The van der Waals surface area contributed by atoms with Gasteiger partial charge in [-0.05, 0) is 28.3 Å². The van der Waals surface area contributed by atoms with Gasteiger partial charge in [-0.3, -0.25) is 0 Å². The van der Waals surface area contributed by atoms with Crippen molar-refractivity contribution in [2.24, 2.45) is 0 Å². The molecule has 1 heterocycles. The number of fused-ring (bicyclic) bond motifs is 1. The Morgan fingerprint density at radius 2 is 0.943 bits per heavy atom. The van der Waals surface area contributed by atoms with Crippen LogP contribution in [0.2, 0.25) is 0 Å². The van der Waals surface area contributed by atoms with Crippen molar-refractivity contribution in [3.8, 4) is 11.1 Å². The molecule has 0 atom stereocenters. The number of aromatic nitrogens is 1. The largest absolute Gasteiger partial charge is 0.435 e. The summed E-state index contributed by atoms with van der Waals surface area (Å²) in [6.45, 7) is 0. The van der Waals surface area contributed by atoms with Crippen LogP contribution in [0.15, 0.2) is 144 Å². The quantitative estimate of drug-likeness (QED) is 0.247. The first kappa shape index (κ1) is 20.9. The topological polar surface area (TPSA) is 26.0 Å². The van der Waals surface area contributed by atoms with Crippen LogP contribution < -0.4 is 0 Å². The average Bonchev–Trinajstić information content (AvgIpc) is 3.37. The van der Waals surface area contributed by atoms with Crippen LogP contribution in [0.25, 0.3) is 33.4 Å². The van der Waals surface area contributed by atoms with E-state index >= 15 is 0 Å². The lowest BCUT2D eigenvalue weighted by molar-refractivity contribution is 0.586. The summed E-state index contributed by atoms with van der Waals surface area (Å²) < 4.78 is 6.63. The maximum atomic E-state index is 6.63. The van der Waals surface area contributed by atoms with E-state index in [1.807, 2.05) is 48.5 Å². The van der Waals surface area contributed by atoms with E-state index in [2.05, 4.69) is 91.0 Å². The third kappa shape index (κ3) is 4.07. The van der Waals surface area contributed by atoms with Crippen molar-refractivity contribution < 1.29 is 4.42 Å². The molecule has 0 radical (unpaired) electrons. The lowest BCUT2D eigenvalue weighted by Crippen LogP contribution is -1.97. The maximum Gasteiger partial charge on any atom is 0.228 e. The van der Waals surface area contributed by atoms with Gasteiger partial charge in [-0.1, -0.05) is 133 Å². The summed E-state index contributed by atoms with van der Waals surface area (Å²) in [5, 5.41) is 0. The number of para-hydroxylation sites is 1. The molecule has 0 N–H and O–H groups in total. The Hall–Kier alpha value is -4.69. The zero-order valence-electron chi connectivity index (χ0n) is 19.1. The smallest absolute Gasteiger partial charge is 0.228 e. The molecule has 5 aromatic carbocycles. The highest BCUT2D eigenvalue weighted by Gasteiger charge is 2.21. The summed E-state index contributed by atoms with van der Waals surface area (Å²) in [7, 11) is 0. The SMILES string of the molecule is c1ccc(C(=C(c2ccccc2)c2nc3cccc(-c4ccccc4)c3o2)c2ccccc2)cc1. The summed E-state index contributed by atoms with van der Waals surface area (Å²) in [5.74, 6) is 0.609. The Bertz CT molecular complexity index is 1560. The van der Waals surface area contributed by atoms with E-state index in [1.165, 1.54) is 0 Å². The van der Waals surface area contributed by atoms with Gasteiger partial charge in [0.15, 0.2) is 5.58 Å². The van der Waals surface area contributed by atoms with Crippen molar-refractivity contribution in [3.05, 3.63) is 162 Å². The summed E-state index contributed by atoms with van der Waals surface area (Å²) >= 11 is 0. The summed E-state index contributed by atoms with van der Waals surface area (Å²) in [6, 6.07) is 47.8. The number of benzene rings is 5. The molecular formula is C33H23NO. The molecule has 2 nitrogen and oxygen atoms in total. The van der Waals surface area contributed by atoms with Gasteiger partial charge in [0.25, 0.3) is 0 Å². The Kier molecular flexibility index (Phi) is 5.54. The third-order valence-corrected chi connectivity index (χ3v) is 6.15. The molecule has 0 aliphatic rings. The number of nitrogens with zero attached hydrogens (tertiary/aromatic N) is 1. The van der Waals surface area contributed by atoms with Crippen molar-refractivity contribution in [2.75, 3.05) is 0 Å². The Balaban J connectivity index is 1.68. The molecule has 0 fully saturated rings. The molecule has 0 saturated carbocycles. The third-order valence-electron chi connectivity index (χ3n) is 6.15. The predicted octanol–water partition coefficient (Wildman–Crippen LogP) is 8.50. The lowest BCUT2D eigenvalue weighted by atomic mass is 9.89. The monoisotopic (exact) mass is 449 g/mol.